The molecule has 274 valence electrons. The number of benzene rings is 2. The number of hydrogen-bond acceptors (Lipinski definition) is 10. The van der Waals surface area contributed by atoms with Crippen molar-refractivity contribution in [3.63, 3.8) is 0 Å². The number of amides is 3. The van der Waals surface area contributed by atoms with E-state index in [-0.39, 0.29) is 42.2 Å². The number of fused-ring (bicyclic) bond motifs is 1. The van der Waals surface area contributed by atoms with Gasteiger partial charge in [0.1, 0.15) is 22.9 Å². The van der Waals surface area contributed by atoms with Gasteiger partial charge in [-0.05, 0) is 89.4 Å². The first kappa shape index (κ1) is 38.6. The first-order valence-corrected chi connectivity index (χ1v) is 18.1. The smallest absolute Gasteiger partial charge is 0.323 e. The van der Waals surface area contributed by atoms with E-state index in [0.717, 1.165) is 12.8 Å². The van der Waals surface area contributed by atoms with Crippen molar-refractivity contribution < 1.29 is 41.8 Å². The Hall–Kier alpha value is -4.18. The fourth-order valence-electron chi connectivity index (χ4n) is 5.68. The van der Waals surface area contributed by atoms with Crippen LogP contribution in [0.15, 0.2) is 51.9 Å². The molecule has 50 heavy (non-hydrogen) atoms. The number of methoxy groups -OCH3 is 1. The number of nitrogens with one attached hydrogen (secondary N) is 2. The quantitative estimate of drug-likeness (QED) is 0.272. The van der Waals surface area contributed by atoms with Crippen molar-refractivity contribution in [2.75, 3.05) is 51.1 Å². The lowest BCUT2D eigenvalue weighted by molar-refractivity contribution is -0.00834. The molecule has 3 N–H and O–H groups in total. The molecule has 0 bridgehead atoms. The second kappa shape index (κ2) is 17.2. The Morgan fingerprint density at radius 2 is 1.86 bits per heavy atom. The zero-order valence-electron chi connectivity index (χ0n) is 29.8. The minimum Gasteiger partial charge on any atom is -0.497 e. The number of carbonyl (C=O) groups is 2. The minimum atomic E-state index is -3.86. The van der Waals surface area contributed by atoms with Crippen molar-refractivity contribution in [1.82, 2.24) is 14.4 Å². The number of aliphatic hydroxyl groups excluding tert-OH is 1. The van der Waals surface area contributed by atoms with E-state index in [1.807, 2.05) is 13.8 Å². The Labute approximate surface area is 294 Å². The van der Waals surface area contributed by atoms with Crippen LogP contribution >= 0.6 is 0 Å². The van der Waals surface area contributed by atoms with Crippen molar-refractivity contribution in [3.8, 4) is 11.5 Å². The summed E-state index contributed by atoms with van der Waals surface area (Å²) < 4.78 is 51.2. The first-order chi connectivity index (χ1) is 23.7. The molecule has 0 saturated heterocycles. The van der Waals surface area contributed by atoms with Gasteiger partial charge in [-0.15, -0.1) is 0 Å². The molecule has 0 fully saturated rings. The second-order valence-corrected chi connectivity index (χ2v) is 14.8. The highest BCUT2D eigenvalue weighted by molar-refractivity contribution is 7.89. The third-order valence-corrected chi connectivity index (χ3v) is 10.6. The molecule has 1 aliphatic rings. The summed E-state index contributed by atoms with van der Waals surface area (Å²) in [6.45, 7) is 9.18. The molecule has 2 aromatic carbocycles. The van der Waals surface area contributed by atoms with Gasteiger partial charge in [-0.2, -0.15) is 4.31 Å². The highest BCUT2D eigenvalue weighted by Gasteiger charge is 2.32. The summed E-state index contributed by atoms with van der Waals surface area (Å²) in [7, 11) is -0.847. The maximum atomic E-state index is 14.4. The molecule has 0 aliphatic carbocycles. The zero-order valence-corrected chi connectivity index (χ0v) is 30.6. The Balaban J connectivity index is 1.62. The minimum absolute atomic E-state index is 0.0372. The van der Waals surface area contributed by atoms with Crippen LogP contribution in [-0.4, -0.2) is 98.5 Å². The Morgan fingerprint density at radius 3 is 2.50 bits per heavy atom. The Morgan fingerprint density at radius 1 is 1.14 bits per heavy atom. The van der Waals surface area contributed by atoms with Crippen LogP contribution in [0, 0.1) is 19.8 Å². The van der Waals surface area contributed by atoms with Crippen molar-refractivity contribution in [1.29, 1.82) is 0 Å². The topological polar surface area (TPSA) is 173 Å². The Bertz CT molecular complexity index is 1690. The molecule has 4 rings (SSSR count). The molecular weight excluding hydrogens is 666 g/mol. The van der Waals surface area contributed by atoms with Gasteiger partial charge in [-0.25, -0.2) is 13.2 Å². The van der Waals surface area contributed by atoms with Gasteiger partial charge in [-0.1, -0.05) is 12.1 Å². The van der Waals surface area contributed by atoms with Crippen LogP contribution < -0.4 is 20.1 Å². The van der Waals surface area contributed by atoms with Crippen molar-refractivity contribution in [3.05, 3.63) is 59.5 Å². The molecular formula is C35H49N5O9S. The highest BCUT2D eigenvalue weighted by Crippen LogP contribution is 2.29. The fourth-order valence-corrected chi connectivity index (χ4v) is 6.86. The molecule has 1 aromatic heterocycles. The van der Waals surface area contributed by atoms with E-state index in [2.05, 4.69) is 15.8 Å². The standard InChI is InChI=1S/C35H49N5O9S/c1-22-19-40(23(2)21-41)34(42)30-18-27(36-35(43)37-33-25(4)38-49-26(33)5)11-16-31(30)48-24(3)10-8-9-17-47-32(22)20-39(6)50(44,45)29-14-12-28(46-7)13-15-29/h11-16,18,22-24,32,41H,8-10,17,19-21H2,1-7H3,(H2,36,37,43)/t22-,23+,24+,32+/m1/s1. The van der Waals surface area contributed by atoms with Gasteiger partial charge in [0.25, 0.3) is 5.91 Å². The van der Waals surface area contributed by atoms with Gasteiger partial charge in [0.05, 0.1) is 42.4 Å². The third-order valence-electron chi connectivity index (χ3n) is 8.79. The number of nitrogens with zero attached hydrogens (tertiary/aromatic N) is 3. The number of hydrogen-bond donors (Lipinski definition) is 3. The highest BCUT2D eigenvalue weighted by atomic mass is 32.2. The van der Waals surface area contributed by atoms with Crippen LogP contribution in [0.5, 0.6) is 11.5 Å². The van der Waals surface area contributed by atoms with Crippen molar-refractivity contribution in [2.45, 2.75) is 77.0 Å². The lowest BCUT2D eigenvalue weighted by Gasteiger charge is -2.35. The van der Waals surface area contributed by atoms with Crippen LogP contribution in [-0.2, 0) is 14.8 Å². The van der Waals surface area contributed by atoms with Crippen LogP contribution in [0.25, 0.3) is 0 Å². The number of aromatic nitrogens is 1. The first-order valence-electron chi connectivity index (χ1n) is 16.7. The van der Waals surface area contributed by atoms with Crippen LogP contribution in [0.4, 0.5) is 16.2 Å². The van der Waals surface area contributed by atoms with Gasteiger partial charge in [0.2, 0.25) is 10.0 Å². The molecule has 14 nitrogen and oxygen atoms in total. The van der Waals surface area contributed by atoms with E-state index in [4.69, 9.17) is 18.7 Å². The average molecular weight is 716 g/mol. The van der Waals surface area contributed by atoms with E-state index >= 15 is 0 Å². The van der Waals surface area contributed by atoms with Gasteiger partial charge in [0.15, 0.2) is 5.76 Å². The fraction of sp³-hybridized carbons (Fsp3) is 0.514. The maximum absolute atomic E-state index is 14.4. The number of aliphatic hydroxyl groups is 1. The Kier molecular flexibility index (Phi) is 13.3. The number of sulfonamides is 1. The van der Waals surface area contributed by atoms with E-state index in [1.54, 1.807) is 51.1 Å². The predicted molar refractivity (Wildman–Crippen MR) is 188 cm³/mol. The lowest BCUT2D eigenvalue weighted by atomic mass is 10.0. The van der Waals surface area contributed by atoms with Crippen LogP contribution in [0.3, 0.4) is 0 Å². The van der Waals surface area contributed by atoms with E-state index in [9.17, 15) is 23.1 Å². The summed E-state index contributed by atoms with van der Waals surface area (Å²) in [4.78, 5) is 29.0. The molecule has 3 amide bonds. The molecule has 4 atom stereocenters. The molecule has 0 unspecified atom stereocenters. The maximum Gasteiger partial charge on any atom is 0.323 e. The second-order valence-electron chi connectivity index (χ2n) is 12.8. The lowest BCUT2D eigenvalue weighted by Crippen LogP contribution is -2.48. The molecule has 15 heteroatoms. The summed E-state index contributed by atoms with van der Waals surface area (Å²) in [6.07, 6.45) is 1.36. The molecule has 0 radical (unpaired) electrons. The van der Waals surface area contributed by atoms with E-state index in [0.29, 0.717) is 47.4 Å². The van der Waals surface area contributed by atoms with Crippen LogP contribution in [0.1, 0.15) is 61.8 Å². The summed E-state index contributed by atoms with van der Waals surface area (Å²) in [6, 6.07) is 9.87. The van der Waals surface area contributed by atoms with Gasteiger partial charge in [-0.3, -0.25) is 4.79 Å². The molecule has 1 aliphatic heterocycles. The number of urea groups is 1. The van der Waals surface area contributed by atoms with Crippen LogP contribution in [0.2, 0.25) is 0 Å². The molecule has 2 heterocycles. The van der Waals surface area contributed by atoms with E-state index in [1.165, 1.54) is 35.5 Å². The normalized spacial score (nSPS) is 20.0. The number of likely N-dealkylation sites (N-methyl/N-ethyl adjacent to an activating group) is 1. The van der Waals surface area contributed by atoms with E-state index < -0.39 is 34.1 Å². The summed E-state index contributed by atoms with van der Waals surface area (Å²) in [5.74, 6) is 0.563. The molecule has 0 saturated carbocycles. The van der Waals surface area contributed by atoms with Gasteiger partial charge in [0, 0.05) is 38.3 Å². The number of aryl methyl sites for hydroxylation is 2. The number of rotatable bonds is 9. The number of carbonyl (C=O) groups excluding carboxylic acids is 2. The summed E-state index contributed by atoms with van der Waals surface area (Å²) in [5, 5.41) is 19.6. The number of ether oxygens (including phenoxy) is 3. The third kappa shape index (κ3) is 9.53. The largest absolute Gasteiger partial charge is 0.497 e. The van der Waals surface area contributed by atoms with Gasteiger partial charge < -0.3 is 39.4 Å². The molecule has 3 aromatic rings. The SMILES string of the molecule is COc1ccc(S(=O)(=O)N(C)C[C@@H]2OCCCC[C@H](C)Oc3ccc(NC(=O)Nc4c(C)noc4C)cc3C(=O)N([C@@H](C)CO)C[C@H]2C)cc1. The average Bonchev–Trinajstić information content (AvgIpc) is 3.41. The van der Waals surface area contributed by atoms with Crippen molar-refractivity contribution >= 4 is 33.3 Å². The zero-order chi connectivity index (χ0) is 36.6. The monoisotopic (exact) mass is 715 g/mol. The summed E-state index contributed by atoms with van der Waals surface area (Å²) >= 11 is 0. The predicted octanol–water partition coefficient (Wildman–Crippen LogP) is 5.06. The van der Waals surface area contributed by atoms with Gasteiger partial charge >= 0.3 is 6.03 Å². The number of anilines is 2. The van der Waals surface area contributed by atoms with Crippen molar-refractivity contribution in [2.24, 2.45) is 5.92 Å². The molecule has 0 spiro atoms. The summed E-state index contributed by atoms with van der Waals surface area (Å²) in [5.41, 5.74) is 1.52.